The van der Waals surface area contributed by atoms with Gasteiger partial charge in [-0.05, 0) is 32.4 Å². The second-order valence-corrected chi connectivity index (χ2v) is 4.79. The second kappa shape index (κ2) is 5.32. The smallest absolute Gasteiger partial charge is 0.115 e. The molecule has 1 aliphatic rings. The molecule has 1 saturated heterocycles. The van der Waals surface area contributed by atoms with Crippen LogP contribution in [-0.4, -0.2) is 28.3 Å². The van der Waals surface area contributed by atoms with E-state index in [0.29, 0.717) is 5.25 Å². The molecule has 4 heteroatoms. The molecule has 3 nitrogen and oxygen atoms in total. The lowest BCUT2D eigenvalue weighted by molar-refractivity contribution is 0.703. The van der Waals surface area contributed by atoms with Crippen LogP contribution in [0.2, 0.25) is 0 Å². The van der Waals surface area contributed by atoms with Crippen molar-refractivity contribution in [2.75, 3.05) is 13.1 Å². The fraction of sp³-hybridized carbons (Fsp3) is 0.600. The van der Waals surface area contributed by atoms with Crippen LogP contribution in [0, 0.1) is 0 Å². The van der Waals surface area contributed by atoms with Crippen LogP contribution in [0.15, 0.2) is 23.6 Å². The van der Waals surface area contributed by atoms with E-state index in [2.05, 4.69) is 15.3 Å². The first kappa shape index (κ1) is 9.93. The summed E-state index contributed by atoms with van der Waals surface area (Å²) in [4.78, 5) is 8.36. The van der Waals surface area contributed by atoms with E-state index in [1.54, 1.807) is 12.4 Å². The Balaban J connectivity index is 1.90. The molecule has 0 spiro atoms. The fourth-order valence-corrected chi connectivity index (χ4v) is 2.73. The van der Waals surface area contributed by atoms with Crippen molar-refractivity contribution in [2.45, 2.75) is 29.5 Å². The summed E-state index contributed by atoms with van der Waals surface area (Å²) in [6.07, 6.45) is 9.13. The van der Waals surface area contributed by atoms with Crippen molar-refractivity contribution in [3.05, 3.63) is 18.6 Å². The normalized spacial score (nSPS) is 23.0. The molecule has 1 N–H and O–H groups in total. The van der Waals surface area contributed by atoms with E-state index in [1.165, 1.54) is 19.3 Å². The Hall–Kier alpha value is -0.610. The van der Waals surface area contributed by atoms with Gasteiger partial charge in [0.1, 0.15) is 5.03 Å². The van der Waals surface area contributed by atoms with E-state index in [4.69, 9.17) is 0 Å². The van der Waals surface area contributed by atoms with Crippen LogP contribution in [0.25, 0.3) is 0 Å². The third-order valence-corrected chi connectivity index (χ3v) is 3.61. The zero-order valence-corrected chi connectivity index (χ0v) is 8.96. The zero-order chi connectivity index (χ0) is 9.64. The van der Waals surface area contributed by atoms with Crippen molar-refractivity contribution < 1.29 is 0 Å². The summed E-state index contributed by atoms with van der Waals surface area (Å²) in [6.45, 7) is 2.30. The first-order valence-electron chi connectivity index (χ1n) is 5.08. The molecule has 0 bridgehead atoms. The van der Waals surface area contributed by atoms with Crippen LogP contribution in [0.4, 0.5) is 0 Å². The highest BCUT2D eigenvalue weighted by molar-refractivity contribution is 7.99. The molecule has 0 radical (unpaired) electrons. The minimum absolute atomic E-state index is 0.710. The van der Waals surface area contributed by atoms with Gasteiger partial charge in [0.2, 0.25) is 0 Å². The summed E-state index contributed by atoms with van der Waals surface area (Å²) >= 11 is 1.86. The average Bonchev–Trinajstić information content (AvgIpc) is 2.48. The summed E-state index contributed by atoms with van der Waals surface area (Å²) in [6, 6.07) is 0. The maximum atomic E-state index is 4.28. The zero-order valence-electron chi connectivity index (χ0n) is 8.15. The van der Waals surface area contributed by atoms with Crippen molar-refractivity contribution in [3.63, 3.8) is 0 Å². The Morgan fingerprint density at radius 1 is 1.29 bits per heavy atom. The molecule has 1 fully saturated rings. The van der Waals surface area contributed by atoms with E-state index in [-0.39, 0.29) is 0 Å². The van der Waals surface area contributed by atoms with E-state index in [0.717, 1.165) is 18.1 Å². The summed E-state index contributed by atoms with van der Waals surface area (Å²) in [5, 5.41) is 5.18. The third kappa shape index (κ3) is 2.96. The summed E-state index contributed by atoms with van der Waals surface area (Å²) < 4.78 is 0. The summed E-state index contributed by atoms with van der Waals surface area (Å²) in [7, 11) is 0. The first-order chi connectivity index (χ1) is 6.95. The first-order valence-corrected chi connectivity index (χ1v) is 5.96. The summed E-state index contributed by atoms with van der Waals surface area (Å²) in [5.74, 6) is 0. The van der Waals surface area contributed by atoms with Gasteiger partial charge in [-0.1, -0.05) is 0 Å². The minimum atomic E-state index is 0.710. The van der Waals surface area contributed by atoms with Crippen molar-refractivity contribution in [1.82, 2.24) is 15.3 Å². The van der Waals surface area contributed by atoms with Crippen molar-refractivity contribution in [2.24, 2.45) is 0 Å². The van der Waals surface area contributed by atoms with Gasteiger partial charge in [0.15, 0.2) is 0 Å². The second-order valence-electron chi connectivity index (χ2n) is 3.46. The molecule has 1 aromatic heterocycles. The van der Waals surface area contributed by atoms with Crippen molar-refractivity contribution >= 4 is 11.8 Å². The Bertz CT molecular complexity index is 257. The van der Waals surface area contributed by atoms with Crippen LogP contribution in [-0.2, 0) is 0 Å². The van der Waals surface area contributed by atoms with Gasteiger partial charge in [-0.3, -0.25) is 4.98 Å². The number of hydrogen-bond acceptors (Lipinski definition) is 4. The van der Waals surface area contributed by atoms with Crippen LogP contribution in [0.3, 0.4) is 0 Å². The third-order valence-electron chi connectivity index (χ3n) is 2.35. The molecule has 2 rings (SSSR count). The largest absolute Gasteiger partial charge is 0.317 e. The molecule has 1 aromatic rings. The molecule has 0 amide bonds. The molecule has 1 unspecified atom stereocenters. The standard InChI is InChI=1S/C10H15N3S/c1-2-9(3-5-11-4-1)14-10-8-12-6-7-13-10/h6-9,11H,1-5H2. The Kier molecular flexibility index (Phi) is 3.77. The highest BCUT2D eigenvalue weighted by Crippen LogP contribution is 2.26. The maximum absolute atomic E-state index is 4.28. The van der Waals surface area contributed by atoms with Crippen LogP contribution in [0.5, 0.6) is 0 Å². The van der Waals surface area contributed by atoms with Crippen LogP contribution < -0.4 is 5.32 Å². The van der Waals surface area contributed by atoms with Crippen molar-refractivity contribution in [1.29, 1.82) is 0 Å². The number of rotatable bonds is 2. The molecular formula is C10H15N3S. The summed E-state index contributed by atoms with van der Waals surface area (Å²) in [5.41, 5.74) is 0. The van der Waals surface area contributed by atoms with Gasteiger partial charge in [-0.2, -0.15) is 0 Å². The lowest BCUT2D eigenvalue weighted by Crippen LogP contribution is -2.14. The molecule has 0 saturated carbocycles. The molecule has 2 heterocycles. The van der Waals surface area contributed by atoms with Crippen LogP contribution in [0.1, 0.15) is 19.3 Å². The maximum Gasteiger partial charge on any atom is 0.115 e. The van der Waals surface area contributed by atoms with Gasteiger partial charge in [0.25, 0.3) is 0 Å². The Morgan fingerprint density at radius 3 is 3.14 bits per heavy atom. The molecule has 0 aliphatic carbocycles. The molecule has 14 heavy (non-hydrogen) atoms. The van der Waals surface area contributed by atoms with E-state index >= 15 is 0 Å². The average molecular weight is 209 g/mol. The highest BCUT2D eigenvalue weighted by atomic mass is 32.2. The van der Waals surface area contributed by atoms with Gasteiger partial charge >= 0.3 is 0 Å². The monoisotopic (exact) mass is 209 g/mol. The molecule has 1 aliphatic heterocycles. The van der Waals surface area contributed by atoms with Gasteiger partial charge in [0, 0.05) is 17.6 Å². The molecule has 0 aromatic carbocycles. The van der Waals surface area contributed by atoms with E-state index < -0.39 is 0 Å². The Labute approximate surface area is 88.7 Å². The lowest BCUT2D eigenvalue weighted by atomic mass is 10.2. The number of thioether (sulfide) groups is 1. The lowest BCUT2D eigenvalue weighted by Gasteiger charge is -2.11. The SMILES string of the molecule is c1cnc(SC2CCCNCC2)cn1. The minimum Gasteiger partial charge on any atom is -0.317 e. The van der Waals surface area contributed by atoms with Gasteiger partial charge in [0.05, 0.1) is 6.20 Å². The Morgan fingerprint density at radius 2 is 2.29 bits per heavy atom. The predicted molar refractivity (Wildman–Crippen MR) is 58.4 cm³/mol. The number of nitrogens with one attached hydrogen (secondary N) is 1. The topological polar surface area (TPSA) is 37.8 Å². The quantitative estimate of drug-likeness (QED) is 0.804. The number of aromatic nitrogens is 2. The van der Waals surface area contributed by atoms with Crippen molar-refractivity contribution in [3.8, 4) is 0 Å². The predicted octanol–water partition coefficient (Wildman–Crippen LogP) is 1.71. The van der Waals surface area contributed by atoms with Gasteiger partial charge in [-0.25, -0.2) is 4.98 Å². The van der Waals surface area contributed by atoms with Gasteiger partial charge < -0.3 is 5.32 Å². The van der Waals surface area contributed by atoms with Gasteiger partial charge in [-0.15, -0.1) is 11.8 Å². The number of nitrogens with zero attached hydrogens (tertiary/aromatic N) is 2. The molecular weight excluding hydrogens is 194 g/mol. The molecule has 76 valence electrons. The highest BCUT2D eigenvalue weighted by Gasteiger charge is 2.13. The number of hydrogen-bond donors (Lipinski definition) is 1. The van der Waals surface area contributed by atoms with E-state index in [9.17, 15) is 0 Å². The fourth-order valence-electron chi connectivity index (χ4n) is 1.62. The van der Waals surface area contributed by atoms with E-state index in [1.807, 2.05) is 18.0 Å². The molecule has 1 atom stereocenters. The van der Waals surface area contributed by atoms with Crippen LogP contribution >= 0.6 is 11.8 Å².